The van der Waals surface area contributed by atoms with Crippen LogP contribution in [0.4, 0.5) is 0 Å². The summed E-state index contributed by atoms with van der Waals surface area (Å²) in [6.45, 7) is 0.491. The highest BCUT2D eigenvalue weighted by molar-refractivity contribution is 7.91. The summed E-state index contributed by atoms with van der Waals surface area (Å²) in [5.41, 5.74) is 0.414. The average Bonchev–Trinajstić information content (AvgIpc) is 2.89. The van der Waals surface area contributed by atoms with Crippen LogP contribution in [-0.2, 0) is 19.4 Å². The van der Waals surface area contributed by atoms with Crippen molar-refractivity contribution in [1.29, 1.82) is 0 Å². The standard InChI is InChI=1S/C15H19N3O5S/c1-23-8-14(19)17-5-6-18(13-10-24(21,22)9-12(13)17)15(20)11-3-2-4-16-7-11/h2-4,7,12-13H,5-6,8-10H2,1H3/t12-,13+/m1/s1. The minimum Gasteiger partial charge on any atom is -0.375 e. The number of carbonyl (C=O) groups excluding carboxylic acids is 2. The molecule has 0 radical (unpaired) electrons. The molecule has 8 nitrogen and oxygen atoms in total. The molecule has 2 aliphatic heterocycles. The number of methoxy groups -OCH3 is 1. The van der Waals surface area contributed by atoms with Crippen LogP contribution in [0.3, 0.4) is 0 Å². The van der Waals surface area contributed by atoms with Crippen molar-refractivity contribution in [2.75, 3.05) is 38.3 Å². The minimum absolute atomic E-state index is 0.0974. The Balaban J connectivity index is 1.87. The van der Waals surface area contributed by atoms with Gasteiger partial charge in [-0.05, 0) is 12.1 Å². The Morgan fingerprint density at radius 3 is 2.54 bits per heavy atom. The van der Waals surface area contributed by atoms with Gasteiger partial charge in [0.05, 0.1) is 29.2 Å². The molecule has 24 heavy (non-hydrogen) atoms. The van der Waals surface area contributed by atoms with Crippen molar-refractivity contribution < 1.29 is 22.7 Å². The average molecular weight is 353 g/mol. The summed E-state index contributed by atoms with van der Waals surface area (Å²) < 4.78 is 29.1. The zero-order chi connectivity index (χ0) is 17.3. The number of sulfone groups is 1. The van der Waals surface area contributed by atoms with Gasteiger partial charge in [0, 0.05) is 32.6 Å². The van der Waals surface area contributed by atoms with Crippen molar-refractivity contribution in [2.24, 2.45) is 0 Å². The van der Waals surface area contributed by atoms with Gasteiger partial charge in [-0.25, -0.2) is 8.42 Å². The van der Waals surface area contributed by atoms with Gasteiger partial charge in [0.25, 0.3) is 5.91 Å². The van der Waals surface area contributed by atoms with Crippen LogP contribution in [0.15, 0.2) is 24.5 Å². The smallest absolute Gasteiger partial charge is 0.255 e. The van der Waals surface area contributed by atoms with E-state index in [1.54, 1.807) is 23.2 Å². The molecule has 0 bridgehead atoms. The van der Waals surface area contributed by atoms with E-state index in [1.165, 1.54) is 18.2 Å². The van der Waals surface area contributed by atoms with Crippen molar-refractivity contribution >= 4 is 21.7 Å². The van der Waals surface area contributed by atoms with E-state index in [0.717, 1.165) is 0 Å². The van der Waals surface area contributed by atoms with E-state index in [1.807, 2.05) is 0 Å². The maximum absolute atomic E-state index is 12.7. The van der Waals surface area contributed by atoms with Crippen molar-refractivity contribution in [1.82, 2.24) is 14.8 Å². The molecule has 2 fully saturated rings. The largest absolute Gasteiger partial charge is 0.375 e. The van der Waals surface area contributed by atoms with Gasteiger partial charge in [0.15, 0.2) is 9.84 Å². The number of aromatic nitrogens is 1. The van der Waals surface area contributed by atoms with Gasteiger partial charge >= 0.3 is 0 Å². The summed E-state index contributed by atoms with van der Waals surface area (Å²) in [4.78, 5) is 31.9. The Morgan fingerprint density at radius 2 is 1.92 bits per heavy atom. The van der Waals surface area contributed by atoms with Gasteiger partial charge in [0.1, 0.15) is 6.61 Å². The van der Waals surface area contributed by atoms with Crippen LogP contribution in [0.1, 0.15) is 10.4 Å². The Hall–Kier alpha value is -2.00. The fraction of sp³-hybridized carbons (Fsp3) is 0.533. The van der Waals surface area contributed by atoms with Crippen molar-refractivity contribution in [3.8, 4) is 0 Å². The molecule has 0 spiro atoms. The van der Waals surface area contributed by atoms with E-state index in [0.29, 0.717) is 18.7 Å². The highest BCUT2D eigenvalue weighted by Crippen LogP contribution is 2.28. The quantitative estimate of drug-likeness (QED) is 0.704. The number of piperazine rings is 1. The molecule has 0 saturated carbocycles. The molecule has 2 atom stereocenters. The first-order valence-corrected chi connectivity index (χ1v) is 9.45. The zero-order valence-corrected chi connectivity index (χ0v) is 14.1. The fourth-order valence-corrected chi connectivity index (χ4v) is 5.36. The summed E-state index contributed by atoms with van der Waals surface area (Å²) in [7, 11) is -1.88. The molecule has 1 aromatic rings. The third-order valence-corrected chi connectivity index (χ3v) is 6.13. The Kier molecular flexibility index (Phi) is 4.55. The number of hydrogen-bond donors (Lipinski definition) is 0. The second kappa shape index (κ2) is 6.48. The number of hydrogen-bond acceptors (Lipinski definition) is 6. The van der Waals surface area contributed by atoms with Gasteiger partial charge in [-0.1, -0.05) is 0 Å². The van der Waals surface area contributed by atoms with E-state index < -0.39 is 21.9 Å². The summed E-state index contributed by atoms with van der Waals surface area (Å²) >= 11 is 0. The molecule has 9 heteroatoms. The SMILES string of the molecule is COCC(=O)N1CCN(C(=O)c2cccnc2)[C@H]2CS(=O)(=O)C[C@H]21. The fourth-order valence-electron chi connectivity index (χ4n) is 3.38. The van der Waals surface area contributed by atoms with Crippen molar-refractivity contribution in [3.63, 3.8) is 0 Å². The second-order valence-corrected chi connectivity index (χ2v) is 8.13. The van der Waals surface area contributed by atoms with E-state index >= 15 is 0 Å². The lowest BCUT2D eigenvalue weighted by molar-refractivity contribution is -0.140. The van der Waals surface area contributed by atoms with Crippen molar-refractivity contribution in [3.05, 3.63) is 30.1 Å². The summed E-state index contributed by atoms with van der Waals surface area (Å²) in [6.07, 6.45) is 3.03. The van der Waals surface area contributed by atoms with E-state index in [2.05, 4.69) is 4.98 Å². The Labute approximate surface area is 140 Å². The predicted octanol–water partition coefficient (Wildman–Crippen LogP) is -0.822. The zero-order valence-electron chi connectivity index (χ0n) is 13.3. The van der Waals surface area contributed by atoms with Gasteiger partial charge in [-0.2, -0.15) is 0 Å². The Morgan fingerprint density at radius 1 is 1.25 bits per heavy atom. The highest BCUT2D eigenvalue weighted by Gasteiger charge is 2.49. The van der Waals surface area contributed by atoms with Gasteiger partial charge in [-0.15, -0.1) is 0 Å². The lowest BCUT2D eigenvalue weighted by Gasteiger charge is -2.43. The molecule has 2 aliphatic rings. The number of pyridine rings is 1. The maximum atomic E-state index is 12.7. The van der Waals surface area contributed by atoms with Crippen LogP contribution in [0.2, 0.25) is 0 Å². The van der Waals surface area contributed by atoms with E-state index in [9.17, 15) is 18.0 Å². The normalized spacial score (nSPS) is 25.4. The van der Waals surface area contributed by atoms with Gasteiger partial charge in [-0.3, -0.25) is 14.6 Å². The van der Waals surface area contributed by atoms with Crippen LogP contribution >= 0.6 is 0 Å². The molecule has 0 N–H and O–H groups in total. The van der Waals surface area contributed by atoms with Crippen LogP contribution in [0.25, 0.3) is 0 Å². The summed E-state index contributed by atoms with van der Waals surface area (Å²) in [6, 6.07) is 2.26. The molecule has 130 valence electrons. The van der Waals surface area contributed by atoms with Crippen LogP contribution in [-0.4, -0.2) is 85.4 Å². The van der Waals surface area contributed by atoms with Crippen LogP contribution in [0, 0.1) is 0 Å². The van der Waals surface area contributed by atoms with Crippen LogP contribution < -0.4 is 0 Å². The lowest BCUT2D eigenvalue weighted by Crippen LogP contribution is -2.62. The first-order valence-electron chi connectivity index (χ1n) is 7.63. The van der Waals surface area contributed by atoms with Gasteiger partial charge in [0.2, 0.25) is 5.91 Å². The highest BCUT2D eigenvalue weighted by atomic mass is 32.2. The van der Waals surface area contributed by atoms with E-state index in [-0.39, 0.29) is 29.9 Å². The topological polar surface area (TPSA) is 96.9 Å². The molecule has 0 aromatic carbocycles. The summed E-state index contributed by atoms with van der Waals surface area (Å²) in [5.74, 6) is -0.753. The predicted molar refractivity (Wildman–Crippen MR) is 85.1 cm³/mol. The molecular formula is C15H19N3O5S. The summed E-state index contributed by atoms with van der Waals surface area (Å²) in [5, 5.41) is 0. The molecule has 0 aliphatic carbocycles. The minimum atomic E-state index is -3.30. The first-order chi connectivity index (χ1) is 11.4. The molecule has 3 rings (SSSR count). The van der Waals surface area contributed by atoms with Gasteiger partial charge < -0.3 is 14.5 Å². The maximum Gasteiger partial charge on any atom is 0.255 e. The van der Waals surface area contributed by atoms with Crippen LogP contribution in [0.5, 0.6) is 0 Å². The number of fused-ring (bicyclic) bond motifs is 1. The second-order valence-electron chi connectivity index (χ2n) is 5.97. The molecule has 2 saturated heterocycles. The number of amides is 2. The number of rotatable bonds is 3. The molecule has 2 amide bonds. The molecule has 1 aromatic heterocycles. The first kappa shape index (κ1) is 16.8. The molecule has 0 unspecified atom stereocenters. The van der Waals surface area contributed by atoms with E-state index in [4.69, 9.17) is 4.74 Å². The number of nitrogens with zero attached hydrogens (tertiary/aromatic N) is 3. The monoisotopic (exact) mass is 353 g/mol. The van der Waals surface area contributed by atoms with Crippen molar-refractivity contribution in [2.45, 2.75) is 12.1 Å². The molecule has 3 heterocycles. The third kappa shape index (κ3) is 3.13. The lowest BCUT2D eigenvalue weighted by atomic mass is 10.0. The third-order valence-electron chi connectivity index (χ3n) is 4.43. The number of ether oxygens (including phenoxy) is 1. The Bertz CT molecular complexity index is 737. The molecular weight excluding hydrogens is 334 g/mol. The number of carbonyl (C=O) groups is 2.